The van der Waals surface area contributed by atoms with Gasteiger partial charge in [-0.05, 0) is 43.7 Å². The molecule has 0 saturated heterocycles. The summed E-state index contributed by atoms with van der Waals surface area (Å²) in [5, 5.41) is 3.89. The van der Waals surface area contributed by atoms with Gasteiger partial charge in [-0.2, -0.15) is 0 Å². The number of aromatic nitrogens is 1. The van der Waals surface area contributed by atoms with E-state index in [1.807, 2.05) is 37.3 Å². The second kappa shape index (κ2) is 10.7. The Kier molecular flexibility index (Phi) is 7.98. The van der Waals surface area contributed by atoms with Crippen molar-refractivity contribution in [2.24, 2.45) is 0 Å². The zero-order valence-electron chi connectivity index (χ0n) is 18.3. The molecule has 170 valence electrons. The Bertz CT molecular complexity index is 1170. The van der Waals surface area contributed by atoms with Crippen LogP contribution in [0, 0.1) is 6.92 Å². The van der Waals surface area contributed by atoms with E-state index in [4.69, 9.17) is 9.26 Å². The molecule has 0 spiro atoms. The number of benzene rings is 2. The number of sulfone groups is 1. The van der Waals surface area contributed by atoms with Gasteiger partial charge in [0.1, 0.15) is 11.5 Å². The highest BCUT2D eigenvalue weighted by molar-refractivity contribution is 7.98. The molecule has 0 atom stereocenters. The quantitative estimate of drug-likeness (QED) is 0.321. The van der Waals surface area contributed by atoms with Crippen LogP contribution < -0.4 is 4.74 Å². The van der Waals surface area contributed by atoms with Gasteiger partial charge < -0.3 is 14.2 Å². The molecule has 1 aromatic heterocycles. The van der Waals surface area contributed by atoms with Crippen molar-refractivity contribution in [3.05, 3.63) is 71.6 Å². The zero-order valence-corrected chi connectivity index (χ0v) is 19.9. The lowest BCUT2D eigenvalue weighted by Crippen LogP contribution is -2.29. The van der Waals surface area contributed by atoms with Crippen LogP contribution in [0.25, 0.3) is 0 Å². The van der Waals surface area contributed by atoms with Gasteiger partial charge in [0, 0.05) is 30.8 Å². The molecule has 9 heteroatoms. The summed E-state index contributed by atoms with van der Waals surface area (Å²) in [6.45, 7) is 2.74. The number of carbonyl (C=O) groups excluding carboxylic acids is 1. The number of rotatable bonds is 10. The number of aryl methyl sites for hydroxylation is 1. The van der Waals surface area contributed by atoms with Crippen LogP contribution in [0.5, 0.6) is 5.75 Å². The molecule has 0 aliphatic rings. The van der Waals surface area contributed by atoms with Gasteiger partial charge in [0.15, 0.2) is 9.84 Å². The smallest absolute Gasteiger partial charge is 0.254 e. The highest BCUT2D eigenvalue weighted by Gasteiger charge is 2.16. The molecule has 1 amide bonds. The lowest BCUT2D eigenvalue weighted by molar-refractivity contribution is 0.0784. The molecule has 0 fully saturated rings. The van der Waals surface area contributed by atoms with E-state index in [0.29, 0.717) is 36.6 Å². The summed E-state index contributed by atoms with van der Waals surface area (Å²) in [4.78, 5) is 15.7. The molecule has 0 N–H and O–H groups in total. The van der Waals surface area contributed by atoms with E-state index in [2.05, 4.69) is 5.16 Å². The van der Waals surface area contributed by atoms with Gasteiger partial charge in [-0.1, -0.05) is 23.4 Å². The van der Waals surface area contributed by atoms with E-state index in [1.165, 1.54) is 23.9 Å². The van der Waals surface area contributed by atoms with E-state index < -0.39 is 9.84 Å². The first-order valence-electron chi connectivity index (χ1n) is 10.1. The van der Waals surface area contributed by atoms with Crippen molar-refractivity contribution in [2.75, 3.05) is 26.5 Å². The first-order chi connectivity index (χ1) is 15.2. The number of nitrogens with zero attached hydrogens (tertiary/aromatic N) is 2. The standard InChI is InChI=1S/C23H26N2O5S2/c1-17-14-19(30-24-17)16-31-22-11-5-4-10-21(22)23(26)25(2)12-7-13-29-18-8-6-9-20(15-18)32(3,27)28/h4-6,8-11,14-15H,7,12-13,16H2,1-3H3. The maximum Gasteiger partial charge on any atom is 0.254 e. The molecular weight excluding hydrogens is 448 g/mol. The van der Waals surface area contributed by atoms with Crippen LogP contribution in [-0.4, -0.2) is 50.8 Å². The van der Waals surface area contributed by atoms with Crippen LogP contribution in [0.4, 0.5) is 0 Å². The largest absolute Gasteiger partial charge is 0.493 e. The van der Waals surface area contributed by atoms with Crippen molar-refractivity contribution in [3.63, 3.8) is 0 Å². The lowest BCUT2D eigenvalue weighted by atomic mass is 10.2. The second-order valence-electron chi connectivity index (χ2n) is 7.40. The SMILES string of the molecule is Cc1cc(CSc2ccccc2C(=O)N(C)CCCOc2cccc(S(C)(=O)=O)c2)on1. The normalized spacial score (nSPS) is 11.3. The Hall–Kier alpha value is -2.78. The molecule has 3 rings (SSSR count). The van der Waals surface area contributed by atoms with Crippen molar-refractivity contribution in [1.29, 1.82) is 0 Å². The monoisotopic (exact) mass is 474 g/mol. The van der Waals surface area contributed by atoms with Crippen LogP contribution in [0.15, 0.2) is 68.9 Å². The number of carbonyl (C=O) groups is 1. The third-order valence-corrected chi connectivity index (χ3v) is 6.86. The summed E-state index contributed by atoms with van der Waals surface area (Å²) in [5.41, 5.74) is 1.47. The van der Waals surface area contributed by atoms with Crippen molar-refractivity contribution in [2.45, 2.75) is 28.9 Å². The van der Waals surface area contributed by atoms with Crippen molar-refractivity contribution in [1.82, 2.24) is 10.1 Å². The average Bonchev–Trinajstić information content (AvgIpc) is 3.19. The fourth-order valence-corrected chi connectivity index (χ4v) is 4.57. The van der Waals surface area contributed by atoms with Crippen LogP contribution >= 0.6 is 11.8 Å². The predicted molar refractivity (Wildman–Crippen MR) is 124 cm³/mol. The number of thioether (sulfide) groups is 1. The molecule has 0 unspecified atom stereocenters. The fourth-order valence-electron chi connectivity index (χ4n) is 3.00. The van der Waals surface area contributed by atoms with E-state index in [1.54, 1.807) is 24.1 Å². The maximum absolute atomic E-state index is 13.0. The molecule has 7 nitrogen and oxygen atoms in total. The first kappa shape index (κ1) is 23.9. The van der Waals surface area contributed by atoms with Crippen molar-refractivity contribution < 1.29 is 22.5 Å². The minimum Gasteiger partial charge on any atom is -0.493 e. The van der Waals surface area contributed by atoms with Crippen LogP contribution in [0.2, 0.25) is 0 Å². The van der Waals surface area contributed by atoms with Gasteiger partial charge in [0.25, 0.3) is 5.91 Å². The van der Waals surface area contributed by atoms with Gasteiger partial charge in [-0.25, -0.2) is 8.42 Å². The number of hydrogen-bond acceptors (Lipinski definition) is 7. The first-order valence-corrected chi connectivity index (χ1v) is 12.9. The molecule has 3 aromatic rings. The summed E-state index contributed by atoms with van der Waals surface area (Å²) in [5.74, 6) is 1.78. The minimum absolute atomic E-state index is 0.0686. The molecule has 1 heterocycles. The number of hydrogen-bond donors (Lipinski definition) is 0. The topological polar surface area (TPSA) is 89.7 Å². The molecule has 0 saturated carbocycles. The molecule has 0 aliphatic heterocycles. The third kappa shape index (κ3) is 6.61. The Morgan fingerprint density at radius 1 is 1.16 bits per heavy atom. The summed E-state index contributed by atoms with van der Waals surface area (Å²) in [7, 11) is -1.52. The summed E-state index contributed by atoms with van der Waals surface area (Å²) >= 11 is 1.53. The van der Waals surface area contributed by atoms with E-state index in [9.17, 15) is 13.2 Å². The minimum atomic E-state index is -3.28. The predicted octanol–water partition coefficient (Wildman–Crippen LogP) is 4.22. The van der Waals surface area contributed by atoms with E-state index in [-0.39, 0.29) is 10.8 Å². The van der Waals surface area contributed by atoms with Crippen molar-refractivity contribution >= 4 is 27.5 Å². The average molecular weight is 475 g/mol. The van der Waals surface area contributed by atoms with Gasteiger partial charge in [0.05, 0.1) is 28.5 Å². The second-order valence-corrected chi connectivity index (χ2v) is 10.4. The molecule has 0 bridgehead atoms. The molecular formula is C23H26N2O5S2. The summed E-state index contributed by atoms with van der Waals surface area (Å²) in [6.07, 6.45) is 1.77. The summed E-state index contributed by atoms with van der Waals surface area (Å²) < 4.78 is 34.2. The zero-order chi connectivity index (χ0) is 23.1. The Labute approximate surface area is 192 Å². The van der Waals surface area contributed by atoms with Crippen LogP contribution in [-0.2, 0) is 15.6 Å². The van der Waals surface area contributed by atoms with Gasteiger partial charge >= 0.3 is 0 Å². The highest BCUT2D eigenvalue weighted by atomic mass is 32.2. The van der Waals surface area contributed by atoms with Gasteiger partial charge in [0.2, 0.25) is 0 Å². The molecule has 0 radical (unpaired) electrons. The Morgan fingerprint density at radius 2 is 1.94 bits per heavy atom. The third-order valence-electron chi connectivity index (χ3n) is 4.65. The lowest BCUT2D eigenvalue weighted by Gasteiger charge is -2.19. The fraction of sp³-hybridized carbons (Fsp3) is 0.304. The Morgan fingerprint density at radius 3 is 2.66 bits per heavy atom. The number of amides is 1. The van der Waals surface area contributed by atoms with Gasteiger partial charge in [-0.3, -0.25) is 4.79 Å². The maximum atomic E-state index is 13.0. The molecule has 32 heavy (non-hydrogen) atoms. The Balaban J connectivity index is 1.52. The van der Waals surface area contributed by atoms with Crippen LogP contribution in [0.3, 0.4) is 0 Å². The summed E-state index contributed by atoms with van der Waals surface area (Å²) in [6, 6.07) is 15.8. The number of ether oxygens (including phenoxy) is 1. The van der Waals surface area contributed by atoms with Crippen molar-refractivity contribution in [3.8, 4) is 5.75 Å². The van der Waals surface area contributed by atoms with E-state index in [0.717, 1.165) is 22.6 Å². The molecule has 2 aromatic carbocycles. The van der Waals surface area contributed by atoms with Crippen LogP contribution in [0.1, 0.15) is 28.2 Å². The van der Waals surface area contributed by atoms with Gasteiger partial charge in [-0.15, -0.1) is 11.8 Å². The molecule has 0 aliphatic carbocycles. The highest BCUT2D eigenvalue weighted by Crippen LogP contribution is 2.27. The van der Waals surface area contributed by atoms with E-state index >= 15 is 0 Å².